The Morgan fingerprint density at radius 3 is 2.43 bits per heavy atom. The maximum atomic E-state index is 13.0. The molecule has 1 aromatic heterocycles. The minimum absolute atomic E-state index is 0.295. The van der Waals surface area contributed by atoms with Crippen LogP contribution < -0.4 is 0 Å². The maximum Gasteiger partial charge on any atom is 0.191 e. The zero-order valence-corrected chi connectivity index (χ0v) is 13.7. The third kappa shape index (κ3) is 3.54. The van der Waals surface area contributed by atoms with Crippen molar-refractivity contribution in [3.63, 3.8) is 0 Å². The van der Waals surface area contributed by atoms with E-state index in [9.17, 15) is 8.78 Å². The Kier molecular flexibility index (Phi) is 4.63. The highest BCUT2D eigenvalue weighted by atomic mass is 35.5. The summed E-state index contributed by atoms with van der Waals surface area (Å²) in [4.78, 5) is 0. The number of hydrogen-bond donors (Lipinski definition) is 0. The standard InChI is InChI=1S/C16H12ClF2N3S/c1-22-15(10-2-5-12(18)6-3-10)20-21-16(22)23-9-11-4-7-13(19)8-14(11)17/h2-8H,9H2,1H3. The van der Waals surface area contributed by atoms with E-state index in [1.807, 2.05) is 11.6 Å². The van der Waals surface area contributed by atoms with E-state index in [4.69, 9.17) is 11.6 Å². The monoisotopic (exact) mass is 351 g/mol. The largest absolute Gasteiger partial charge is 0.305 e. The Labute approximate surface area is 141 Å². The molecular weight excluding hydrogens is 340 g/mol. The van der Waals surface area contributed by atoms with Crippen LogP contribution in [0.5, 0.6) is 0 Å². The minimum Gasteiger partial charge on any atom is -0.305 e. The normalized spacial score (nSPS) is 11.0. The van der Waals surface area contributed by atoms with Gasteiger partial charge in [0, 0.05) is 23.4 Å². The van der Waals surface area contributed by atoms with Crippen molar-refractivity contribution in [1.82, 2.24) is 14.8 Å². The van der Waals surface area contributed by atoms with Gasteiger partial charge in [-0.15, -0.1) is 10.2 Å². The fourth-order valence-corrected chi connectivity index (χ4v) is 3.30. The molecule has 0 fully saturated rings. The van der Waals surface area contributed by atoms with Gasteiger partial charge in [0.2, 0.25) is 0 Å². The first kappa shape index (κ1) is 16.0. The van der Waals surface area contributed by atoms with Crippen molar-refractivity contribution in [2.24, 2.45) is 7.05 Å². The lowest BCUT2D eigenvalue weighted by Gasteiger charge is -2.05. The molecule has 0 bridgehead atoms. The number of nitrogens with zero attached hydrogens (tertiary/aromatic N) is 3. The van der Waals surface area contributed by atoms with Crippen LogP contribution in [-0.2, 0) is 12.8 Å². The first-order valence-electron chi connectivity index (χ1n) is 6.76. The van der Waals surface area contributed by atoms with Gasteiger partial charge < -0.3 is 4.57 Å². The third-order valence-electron chi connectivity index (χ3n) is 3.31. The summed E-state index contributed by atoms with van der Waals surface area (Å²) in [6.07, 6.45) is 0. The van der Waals surface area contributed by atoms with Crippen LogP contribution in [0.25, 0.3) is 11.4 Å². The van der Waals surface area contributed by atoms with Gasteiger partial charge in [-0.05, 0) is 42.0 Å². The first-order valence-corrected chi connectivity index (χ1v) is 8.13. The number of halogens is 3. The predicted octanol–water partition coefficient (Wildman–Crippen LogP) is 4.71. The van der Waals surface area contributed by atoms with Gasteiger partial charge in [0.15, 0.2) is 11.0 Å². The molecule has 0 aliphatic rings. The smallest absolute Gasteiger partial charge is 0.191 e. The zero-order valence-electron chi connectivity index (χ0n) is 12.1. The Hall–Kier alpha value is -1.92. The maximum absolute atomic E-state index is 13.0. The molecule has 1 heterocycles. The van der Waals surface area contributed by atoms with E-state index in [2.05, 4.69) is 10.2 Å². The molecule has 0 radical (unpaired) electrons. The molecular formula is C16H12ClF2N3S. The van der Waals surface area contributed by atoms with Crippen molar-refractivity contribution in [3.8, 4) is 11.4 Å². The summed E-state index contributed by atoms with van der Waals surface area (Å²) >= 11 is 7.47. The van der Waals surface area contributed by atoms with Crippen LogP contribution in [0.15, 0.2) is 47.6 Å². The number of hydrogen-bond acceptors (Lipinski definition) is 3. The van der Waals surface area contributed by atoms with E-state index < -0.39 is 0 Å². The van der Waals surface area contributed by atoms with Crippen molar-refractivity contribution in [1.29, 1.82) is 0 Å². The fourth-order valence-electron chi connectivity index (χ4n) is 2.07. The van der Waals surface area contributed by atoms with Gasteiger partial charge in [0.1, 0.15) is 11.6 Å². The average molecular weight is 352 g/mol. The lowest BCUT2D eigenvalue weighted by Crippen LogP contribution is -1.95. The highest BCUT2D eigenvalue weighted by molar-refractivity contribution is 7.98. The third-order valence-corrected chi connectivity index (χ3v) is 4.73. The minimum atomic E-state index is -0.360. The van der Waals surface area contributed by atoms with Crippen LogP contribution >= 0.6 is 23.4 Å². The average Bonchev–Trinajstić information content (AvgIpc) is 2.88. The van der Waals surface area contributed by atoms with Crippen LogP contribution in [0.2, 0.25) is 5.02 Å². The molecule has 3 nitrogen and oxygen atoms in total. The number of benzene rings is 2. The van der Waals surface area contributed by atoms with Crippen molar-refractivity contribution >= 4 is 23.4 Å². The number of thioether (sulfide) groups is 1. The van der Waals surface area contributed by atoms with E-state index in [0.717, 1.165) is 11.1 Å². The molecule has 7 heteroatoms. The second-order valence-corrected chi connectivity index (χ2v) is 6.25. The van der Waals surface area contributed by atoms with Crippen LogP contribution in [0.4, 0.5) is 8.78 Å². The quantitative estimate of drug-likeness (QED) is 0.638. The Morgan fingerprint density at radius 1 is 1.04 bits per heavy atom. The molecule has 0 atom stereocenters. The van der Waals surface area contributed by atoms with E-state index >= 15 is 0 Å². The van der Waals surface area contributed by atoms with Crippen molar-refractivity contribution in [2.75, 3.05) is 0 Å². The second kappa shape index (κ2) is 6.68. The van der Waals surface area contributed by atoms with Crippen molar-refractivity contribution in [3.05, 3.63) is 64.7 Å². The molecule has 118 valence electrons. The molecule has 0 N–H and O–H groups in total. The first-order chi connectivity index (χ1) is 11.0. The molecule has 23 heavy (non-hydrogen) atoms. The predicted molar refractivity (Wildman–Crippen MR) is 87.4 cm³/mol. The van der Waals surface area contributed by atoms with E-state index in [1.165, 1.54) is 36.0 Å². The lowest BCUT2D eigenvalue weighted by molar-refractivity contribution is 0.627. The summed E-state index contributed by atoms with van der Waals surface area (Å²) < 4.78 is 27.9. The highest BCUT2D eigenvalue weighted by Crippen LogP contribution is 2.28. The Morgan fingerprint density at radius 2 is 1.74 bits per heavy atom. The number of aromatic nitrogens is 3. The Balaban J connectivity index is 1.78. The molecule has 0 saturated heterocycles. The topological polar surface area (TPSA) is 30.7 Å². The van der Waals surface area contributed by atoms with Gasteiger partial charge in [-0.1, -0.05) is 29.4 Å². The fraction of sp³-hybridized carbons (Fsp3) is 0.125. The molecule has 3 aromatic rings. The molecule has 2 aromatic carbocycles. The summed E-state index contributed by atoms with van der Waals surface area (Å²) in [5.41, 5.74) is 1.61. The van der Waals surface area contributed by atoms with Crippen molar-refractivity contribution in [2.45, 2.75) is 10.9 Å². The number of rotatable bonds is 4. The van der Waals surface area contributed by atoms with Gasteiger partial charge in [-0.25, -0.2) is 8.78 Å². The highest BCUT2D eigenvalue weighted by Gasteiger charge is 2.12. The van der Waals surface area contributed by atoms with Gasteiger partial charge in [-0.3, -0.25) is 0 Å². The molecule has 0 spiro atoms. The van der Waals surface area contributed by atoms with Gasteiger partial charge in [-0.2, -0.15) is 0 Å². The summed E-state index contributed by atoms with van der Waals surface area (Å²) in [5, 5.41) is 9.37. The molecule has 0 saturated carbocycles. The summed E-state index contributed by atoms with van der Waals surface area (Å²) in [5.74, 6) is 0.546. The summed E-state index contributed by atoms with van der Waals surface area (Å²) in [6, 6.07) is 10.4. The Bertz CT molecular complexity index is 834. The molecule has 0 aliphatic carbocycles. The van der Waals surface area contributed by atoms with Crippen LogP contribution in [0.1, 0.15) is 5.56 Å². The molecule has 0 amide bonds. The zero-order chi connectivity index (χ0) is 16.4. The molecule has 3 rings (SSSR count). The second-order valence-electron chi connectivity index (χ2n) is 4.90. The van der Waals surface area contributed by atoms with Gasteiger partial charge in [0.05, 0.1) is 0 Å². The summed E-state index contributed by atoms with van der Waals surface area (Å²) in [6.45, 7) is 0. The van der Waals surface area contributed by atoms with E-state index in [1.54, 1.807) is 18.2 Å². The lowest BCUT2D eigenvalue weighted by atomic mass is 10.2. The van der Waals surface area contributed by atoms with Crippen LogP contribution in [0, 0.1) is 11.6 Å². The van der Waals surface area contributed by atoms with E-state index in [0.29, 0.717) is 21.8 Å². The van der Waals surface area contributed by atoms with Crippen LogP contribution in [-0.4, -0.2) is 14.8 Å². The SMILES string of the molecule is Cn1c(SCc2ccc(F)cc2Cl)nnc1-c1ccc(F)cc1. The summed E-state index contributed by atoms with van der Waals surface area (Å²) in [7, 11) is 1.84. The van der Waals surface area contributed by atoms with Crippen LogP contribution in [0.3, 0.4) is 0 Å². The van der Waals surface area contributed by atoms with E-state index in [-0.39, 0.29) is 11.6 Å². The molecule has 0 unspecified atom stereocenters. The van der Waals surface area contributed by atoms with Gasteiger partial charge >= 0.3 is 0 Å². The van der Waals surface area contributed by atoms with Crippen molar-refractivity contribution < 1.29 is 8.78 Å². The van der Waals surface area contributed by atoms with Gasteiger partial charge in [0.25, 0.3) is 0 Å². The molecule has 0 aliphatic heterocycles.